The molecule has 3 nitrogen and oxygen atoms in total. The van der Waals surface area contributed by atoms with Crippen LogP contribution in [0.1, 0.15) is 18.4 Å². The molecule has 0 spiro atoms. The van der Waals surface area contributed by atoms with Gasteiger partial charge in [0.1, 0.15) is 6.04 Å². The maximum atomic E-state index is 11.8. The molecule has 1 fully saturated rings. The van der Waals surface area contributed by atoms with Crippen LogP contribution in [0.25, 0.3) is 0 Å². The van der Waals surface area contributed by atoms with Crippen LogP contribution in [0.3, 0.4) is 0 Å². The van der Waals surface area contributed by atoms with Crippen molar-refractivity contribution in [2.75, 3.05) is 12.4 Å². The van der Waals surface area contributed by atoms with E-state index in [4.69, 9.17) is 4.74 Å². The number of methoxy groups -OCH3 is 1. The Bertz CT molecular complexity index is 449. The quantitative estimate of drug-likeness (QED) is 0.810. The molecule has 0 heterocycles. The van der Waals surface area contributed by atoms with Crippen molar-refractivity contribution in [1.29, 1.82) is 0 Å². The number of ether oxygens (including phenoxy) is 1. The maximum Gasteiger partial charge on any atom is 0.328 e. The van der Waals surface area contributed by atoms with Crippen LogP contribution in [0.4, 0.5) is 5.69 Å². The van der Waals surface area contributed by atoms with E-state index >= 15 is 0 Å². The summed E-state index contributed by atoms with van der Waals surface area (Å²) >= 11 is 7.04. The van der Waals surface area contributed by atoms with E-state index < -0.39 is 0 Å². The number of rotatable bonds is 4. The Labute approximate surface area is 124 Å². The summed E-state index contributed by atoms with van der Waals surface area (Å²) in [6.45, 7) is 2.03. The summed E-state index contributed by atoms with van der Waals surface area (Å²) in [5.74, 6) is 0.189. The second-order valence-corrected chi connectivity index (χ2v) is 6.29. The van der Waals surface area contributed by atoms with Gasteiger partial charge in [0.25, 0.3) is 0 Å². The minimum Gasteiger partial charge on any atom is -0.467 e. The lowest BCUT2D eigenvalue weighted by Gasteiger charge is -2.19. The fourth-order valence-electron chi connectivity index (χ4n) is 1.92. The third-order valence-electron chi connectivity index (χ3n) is 3.03. The molecule has 1 aromatic rings. The van der Waals surface area contributed by atoms with Crippen LogP contribution in [0.5, 0.6) is 0 Å². The zero-order valence-corrected chi connectivity index (χ0v) is 13.5. The smallest absolute Gasteiger partial charge is 0.328 e. The van der Waals surface area contributed by atoms with Gasteiger partial charge in [-0.15, -0.1) is 0 Å². The SMILES string of the molecule is COC(=O)C(Nc1c(Br)cc(C)cc1Br)C1CC1. The van der Waals surface area contributed by atoms with Crippen molar-refractivity contribution < 1.29 is 9.53 Å². The Morgan fingerprint density at radius 3 is 2.39 bits per heavy atom. The molecule has 0 radical (unpaired) electrons. The van der Waals surface area contributed by atoms with Gasteiger partial charge in [0.2, 0.25) is 0 Å². The Balaban J connectivity index is 2.24. The lowest BCUT2D eigenvalue weighted by molar-refractivity contribution is -0.142. The van der Waals surface area contributed by atoms with E-state index in [2.05, 4.69) is 37.2 Å². The van der Waals surface area contributed by atoms with Crippen LogP contribution in [-0.2, 0) is 9.53 Å². The first-order valence-corrected chi connectivity index (χ1v) is 7.41. The van der Waals surface area contributed by atoms with Crippen molar-refractivity contribution in [3.63, 3.8) is 0 Å². The molecular formula is C13H15Br2NO2. The average Bonchev–Trinajstić information content (AvgIpc) is 3.11. The van der Waals surface area contributed by atoms with Gasteiger partial charge in [0, 0.05) is 8.95 Å². The molecule has 98 valence electrons. The molecule has 5 heteroatoms. The third-order valence-corrected chi connectivity index (χ3v) is 4.29. The van der Waals surface area contributed by atoms with Crippen molar-refractivity contribution in [2.24, 2.45) is 5.92 Å². The Morgan fingerprint density at radius 2 is 1.94 bits per heavy atom. The second kappa shape index (κ2) is 5.61. The van der Waals surface area contributed by atoms with E-state index in [0.29, 0.717) is 5.92 Å². The highest BCUT2D eigenvalue weighted by molar-refractivity contribution is 9.11. The largest absolute Gasteiger partial charge is 0.467 e. The molecule has 1 saturated carbocycles. The van der Waals surface area contributed by atoms with Gasteiger partial charge in [-0.25, -0.2) is 4.79 Å². The minimum atomic E-state index is -0.259. The predicted molar refractivity (Wildman–Crippen MR) is 78.7 cm³/mol. The topological polar surface area (TPSA) is 38.3 Å². The number of nitrogens with one attached hydrogen (secondary N) is 1. The molecule has 18 heavy (non-hydrogen) atoms. The first kappa shape index (κ1) is 13.9. The van der Waals surface area contributed by atoms with Gasteiger partial charge < -0.3 is 10.1 Å². The number of hydrogen-bond donors (Lipinski definition) is 1. The second-order valence-electron chi connectivity index (χ2n) is 4.59. The van der Waals surface area contributed by atoms with Gasteiger partial charge in [-0.2, -0.15) is 0 Å². The third kappa shape index (κ3) is 3.06. The van der Waals surface area contributed by atoms with Gasteiger partial charge in [0.05, 0.1) is 12.8 Å². The average molecular weight is 377 g/mol. The number of carbonyl (C=O) groups excluding carboxylic acids is 1. The molecule has 0 amide bonds. The Hall–Kier alpha value is -0.550. The number of anilines is 1. The van der Waals surface area contributed by atoms with Crippen molar-refractivity contribution >= 4 is 43.5 Å². The molecule has 0 aliphatic heterocycles. The van der Waals surface area contributed by atoms with Crippen molar-refractivity contribution in [3.8, 4) is 0 Å². The maximum absolute atomic E-state index is 11.8. The molecule has 1 N–H and O–H groups in total. The highest BCUT2D eigenvalue weighted by Gasteiger charge is 2.37. The van der Waals surface area contributed by atoms with Gasteiger partial charge in [0.15, 0.2) is 0 Å². The predicted octanol–water partition coefficient (Wildman–Crippen LogP) is 3.88. The molecule has 2 rings (SSSR count). The van der Waals surface area contributed by atoms with Crippen molar-refractivity contribution in [3.05, 3.63) is 26.6 Å². The minimum absolute atomic E-state index is 0.197. The molecule has 0 aromatic heterocycles. The summed E-state index contributed by atoms with van der Waals surface area (Å²) < 4.78 is 6.75. The summed E-state index contributed by atoms with van der Waals surface area (Å²) in [5, 5.41) is 3.29. The van der Waals surface area contributed by atoms with Crippen LogP contribution in [0.15, 0.2) is 21.1 Å². The summed E-state index contributed by atoms with van der Waals surface area (Å²) in [6, 6.07) is 3.79. The number of halogens is 2. The van der Waals surface area contributed by atoms with E-state index in [1.165, 1.54) is 7.11 Å². The standard InChI is InChI=1S/C13H15Br2NO2/c1-7-5-9(14)12(10(15)6-7)16-11(8-3-4-8)13(17)18-2/h5-6,8,11,16H,3-4H2,1-2H3. The fraction of sp³-hybridized carbons (Fsp3) is 0.462. The number of carbonyl (C=O) groups is 1. The van der Waals surface area contributed by atoms with Gasteiger partial charge in [-0.1, -0.05) is 0 Å². The Kier molecular flexibility index (Phi) is 4.33. The molecule has 1 aliphatic rings. The zero-order valence-electron chi connectivity index (χ0n) is 10.3. The first-order chi connectivity index (χ1) is 8.52. The highest BCUT2D eigenvalue weighted by Crippen LogP contribution is 2.38. The Morgan fingerprint density at radius 1 is 1.39 bits per heavy atom. The fourth-order valence-corrected chi connectivity index (χ4v) is 3.56. The highest BCUT2D eigenvalue weighted by atomic mass is 79.9. The molecule has 0 saturated heterocycles. The number of benzene rings is 1. The molecular weight excluding hydrogens is 362 g/mol. The van der Waals surface area contributed by atoms with Crippen LogP contribution in [-0.4, -0.2) is 19.1 Å². The molecule has 1 atom stereocenters. The van der Waals surface area contributed by atoms with Gasteiger partial charge in [-0.3, -0.25) is 0 Å². The van der Waals surface area contributed by atoms with Gasteiger partial charge >= 0.3 is 5.97 Å². The monoisotopic (exact) mass is 375 g/mol. The lowest BCUT2D eigenvalue weighted by atomic mass is 10.1. The van der Waals surface area contributed by atoms with Crippen LogP contribution >= 0.6 is 31.9 Å². The normalized spacial score (nSPS) is 16.2. The summed E-state index contributed by atoms with van der Waals surface area (Å²) in [4.78, 5) is 11.8. The molecule has 1 unspecified atom stereocenters. The van der Waals surface area contributed by atoms with Crippen LogP contribution in [0, 0.1) is 12.8 Å². The van der Waals surface area contributed by atoms with Crippen molar-refractivity contribution in [1.82, 2.24) is 0 Å². The zero-order chi connectivity index (χ0) is 13.3. The number of esters is 1. The van der Waals surface area contributed by atoms with Crippen LogP contribution < -0.4 is 5.32 Å². The van der Waals surface area contributed by atoms with E-state index in [1.807, 2.05) is 19.1 Å². The summed E-state index contributed by atoms with van der Waals surface area (Å²) in [6.07, 6.45) is 2.15. The number of hydrogen-bond acceptors (Lipinski definition) is 3. The molecule has 0 bridgehead atoms. The van der Waals surface area contributed by atoms with Gasteiger partial charge in [-0.05, 0) is 75.2 Å². The summed E-state index contributed by atoms with van der Waals surface area (Å²) in [7, 11) is 1.43. The molecule has 1 aromatic carbocycles. The van der Waals surface area contributed by atoms with E-state index in [0.717, 1.165) is 33.0 Å². The van der Waals surface area contributed by atoms with E-state index in [1.54, 1.807) is 0 Å². The number of aryl methyl sites for hydroxylation is 1. The van der Waals surface area contributed by atoms with Crippen LogP contribution in [0.2, 0.25) is 0 Å². The molecule has 1 aliphatic carbocycles. The first-order valence-electron chi connectivity index (χ1n) is 5.83. The van der Waals surface area contributed by atoms with Crippen molar-refractivity contribution in [2.45, 2.75) is 25.8 Å². The summed E-state index contributed by atoms with van der Waals surface area (Å²) in [5.41, 5.74) is 2.06. The lowest BCUT2D eigenvalue weighted by Crippen LogP contribution is -2.33. The van der Waals surface area contributed by atoms with E-state index in [9.17, 15) is 4.79 Å². The van der Waals surface area contributed by atoms with E-state index in [-0.39, 0.29) is 12.0 Å².